The van der Waals surface area contributed by atoms with E-state index in [0.717, 1.165) is 19.4 Å². The molecule has 4 rings (SSSR count). The van der Waals surface area contributed by atoms with Crippen molar-refractivity contribution in [1.29, 1.82) is 0 Å². The zero-order valence-corrected chi connectivity index (χ0v) is 19.1. The van der Waals surface area contributed by atoms with Gasteiger partial charge in [-0.1, -0.05) is 0 Å². The molecular formula is C22H33N7O5. The molecule has 34 heavy (non-hydrogen) atoms. The third kappa shape index (κ3) is 5.62. The van der Waals surface area contributed by atoms with Crippen molar-refractivity contribution >= 4 is 23.6 Å². The molecule has 6 N–H and O–H groups in total. The molecule has 0 radical (unpaired) electrons. The summed E-state index contributed by atoms with van der Waals surface area (Å²) in [5.74, 6) is -1.79. The minimum atomic E-state index is -1.04. The molecule has 1 unspecified atom stereocenters. The Morgan fingerprint density at radius 3 is 2.59 bits per heavy atom. The van der Waals surface area contributed by atoms with Crippen LogP contribution in [0.25, 0.3) is 0 Å². The highest BCUT2D eigenvalue weighted by Crippen LogP contribution is 2.20. The third-order valence-corrected chi connectivity index (χ3v) is 6.88. The van der Waals surface area contributed by atoms with Gasteiger partial charge in [-0.05, 0) is 44.9 Å². The molecule has 4 heterocycles. The summed E-state index contributed by atoms with van der Waals surface area (Å²) in [6.45, 7) is 1.16. The third-order valence-electron chi connectivity index (χ3n) is 6.88. The second kappa shape index (κ2) is 11.1. The van der Waals surface area contributed by atoms with Gasteiger partial charge >= 0.3 is 5.97 Å². The lowest BCUT2D eigenvalue weighted by Crippen LogP contribution is -2.61. The van der Waals surface area contributed by atoms with E-state index >= 15 is 0 Å². The summed E-state index contributed by atoms with van der Waals surface area (Å²) in [7, 11) is 0. The lowest BCUT2D eigenvalue weighted by molar-refractivity contribution is -0.149. The van der Waals surface area contributed by atoms with Gasteiger partial charge in [-0.3, -0.25) is 25.1 Å². The normalized spacial score (nSPS) is 28.3. The molecule has 186 valence electrons. The number of hydrogen-bond donors (Lipinski definition) is 6. The zero-order chi connectivity index (χ0) is 24.1. The van der Waals surface area contributed by atoms with Crippen LogP contribution in [0.15, 0.2) is 12.5 Å². The SMILES string of the molecule is O=C(N[C@H](Cc1cnc[nH]1)C(=O)N1CCC[C@H]1C(=O)O)[C@@H]1CCCC(C(=O)[C@H]2CCCNN2)N1. The number of carboxylic acids is 1. The predicted octanol–water partition coefficient (Wildman–Crippen LogP) is -1.15. The van der Waals surface area contributed by atoms with Crippen molar-refractivity contribution in [2.45, 2.75) is 81.6 Å². The fraction of sp³-hybridized carbons (Fsp3) is 0.682. The number of nitrogens with zero attached hydrogens (tertiary/aromatic N) is 2. The number of carboxylic acid groups (broad SMARTS) is 1. The van der Waals surface area contributed by atoms with E-state index in [0.29, 0.717) is 44.3 Å². The number of hydrogen-bond acceptors (Lipinski definition) is 8. The van der Waals surface area contributed by atoms with Crippen molar-refractivity contribution < 1.29 is 24.3 Å². The number of carbonyl (C=O) groups excluding carboxylic acids is 3. The Hall–Kier alpha value is -2.83. The van der Waals surface area contributed by atoms with E-state index < -0.39 is 36.0 Å². The van der Waals surface area contributed by atoms with Crippen LogP contribution in [0, 0.1) is 0 Å². The van der Waals surface area contributed by atoms with E-state index in [-0.39, 0.29) is 24.2 Å². The first kappa shape index (κ1) is 24.3. The first-order chi connectivity index (χ1) is 16.4. The molecule has 2 amide bonds. The molecule has 1 aromatic heterocycles. The van der Waals surface area contributed by atoms with Gasteiger partial charge in [0.05, 0.1) is 24.5 Å². The van der Waals surface area contributed by atoms with Gasteiger partial charge in [0, 0.05) is 31.4 Å². The van der Waals surface area contributed by atoms with E-state index in [1.165, 1.54) is 11.2 Å². The average Bonchev–Trinajstić information content (AvgIpc) is 3.56. The van der Waals surface area contributed by atoms with Gasteiger partial charge < -0.3 is 20.3 Å². The summed E-state index contributed by atoms with van der Waals surface area (Å²) in [4.78, 5) is 59.3. The fourth-order valence-electron chi connectivity index (χ4n) is 5.06. The number of hydrazine groups is 1. The lowest BCUT2D eigenvalue weighted by Gasteiger charge is -2.34. The molecule has 0 aromatic carbocycles. The number of nitrogens with one attached hydrogen (secondary N) is 5. The van der Waals surface area contributed by atoms with Crippen LogP contribution in [-0.2, 0) is 25.6 Å². The Labute approximate surface area is 197 Å². The van der Waals surface area contributed by atoms with E-state index in [2.05, 4.69) is 31.5 Å². The van der Waals surface area contributed by atoms with Crippen molar-refractivity contribution in [3.8, 4) is 0 Å². The van der Waals surface area contributed by atoms with Gasteiger partial charge in [-0.25, -0.2) is 15.2 Å². The first-order valence-corrected chi connectivity index (χ1v) is 12.0. The smallest absolute Gasteiger partial charge is 0.326 e. The topological polar surface area (TPSA) is 169 Å². The number of piperidine rings is 1. The molecule has 12 nitrogen and oxygen atoms in total. The number of likely N-dealkylation sites (tertiary alicyclic amines) is 1. The number of Topliss-reactive ketones (excluding diaryl/α,β-unsaturated/α-hetero) is 1. The van der Waals surface area contributed by atoms with Crippen LogP contribution in [0.4, 0.5) is 0 Å². The number of rotatable bonds is 8. The first-order valence-electron chi connectivity index (χ1n) is 12.0. The number of ketones is 1. The van der Waals surface area contributed by atoms with Crippen LogP contribution in [-0.4, -0.2) is 86.8 Å². The Morgan fingerprint density at radius 1 is 1.09 bits per heavy atom. The molecular weight excluding hydrogens is 442 g/mol. The average molecular weight is 476 g/mol. The van der Waals surface area contributed by atoms with Crippen molar-refractivity contribution in [2.75, 3.05) is 13.1 Å². The molecule has 0 bridgehead atoms. The van der Waals surface area contributed by atoms with Gasteiger partial charge in [0.1, 0.15) is 12.1 Å². The fourth-order valence-corrected chi connectivity index (χ4v) is 5.06. The number of carbonyl (C=O) groups is 4. The highest BCUT2D eigenvalue weighted by molar-refractivity contribution is 5.93. The van der Waals surface area contributed by atoms with Crippen LogP contribution in [0.3, 0.4) is 0 Å². The molecule has 0 saturated carbocycles. The maximum absolute atomic E-state index is 13.3. The maximum atomic E-state index is 13.3. The second-order valence-electron chi connectivity index (χ2n) is 9.24. The number of H-pyrrole nitrogens is 1. The number of aliphatic carboxylic acids is 1. The number of aromatic nitrogens is 2. The van der Waals surface area contributed by atoms with Gasteiger partial charge in [0.2, 0.25) is 11.8 Å². The summed E-state index contributed by atoms with van der Waals surface area (Å²) in [6, 6.07) is -3.15. The highest BCUT2D eigenvalue weighted by atomic mass is 16.4. The molecule has 3 saturated heterocycles. The van der Waals surface area contributed by atoms with Crippen molar-refractivity contribution in [3.63, 3.8) is 0 Å². The van der Waals surface area contributed by atoms with E-state index in [9.17, 15) is 24.3 Å². The van der Waals surface area contributed by atoms with Crippen LogP contribution in [0.2, 0.25) is 0 Å². The van der Waals surface area contributed by atoms with Gasteiger partial charge in [0.15, 0.2) is 5.78 Å². The Bertz CT molecular complexity index is 886. The molecule has 5 atom stereocenters. The summed E-state index contributed by atoms with van der Waals surface area (Å²) >= 11 is 0. The minimum Gasteiger partial charge on any atom is -0.480 e. The van der Waals surface area contributed by atoms with E-state index in [1.807, 2.05) is 0 Å². The zero-order valence-electron chi connectivity index (χ0n) is 19.1. The van der Waals surface area contributed by atoms with Crippen LogP contribution in [0.1, 0.15) is 50.6 Å². The quantitative estimate of drug-likeness (QED) is 0.272. The standard InChI is InChI=1S/C22H33N7O5/c30-19(15-6-2-8-25-28-15)14-4-1-5-16(26-14)20(31)27-17(10-13-11-23-12-24-13)21(32)29-9-3-7-18(29)22(33)34/h11-12,14-18,25-26,28H,1-10H2,(H,23,24)(H,27,31)(H,33,34)/t14?,15-,16+,17-,18+/m1/s1. The van der Waals surface area contributed by atoms with Crippen molar-refractivity contribution in [2.24, 2.45) is 0 Å². The van der Waals surface area contributed by atoms with Crippen molar-refractivity contribution in [3.05, 3.63) is 18.2 Å². The monoisotopic (exact) mass is 475 g/mol. The molecule has 0 spiro atoms. The second-order valence-corrected chi connectivity index (χ2v) is 9.24. The summed E-state index contributed by atoms with van der Waals surface area (Å²) in [5.41, 5.74) is 6.70. The number of aromatic amines is 1. The van der Waals surface area contributed by atoms with Gasteiger partial charge in [0.25, 0.3) is 0 Å². The van der Waals surface area contributed by atoms with E-state index in [1.54, 1.807) is 6.20 Å². The summed E-state index contributed by atoms with van der Waals surface area (Å²) < 4.78 is 0. The largest absolute Gasteiger partial charge is 0.480 e. The minimum absolute atomic E-state index is 0.0381. The van der Waals surface area contributed by atoms with Crippen molar-refractivity contribution in [1.82, 2.24) is 36.4 Å². The summed E-state index contributed by atoms with van der Waals surface area (Å²) in [6.07, 6.45) is 7.81. The van der Waals surface area contributed by atoms with Crippen LogP contribution in [0.5, 0.6) is 0 Å². The van der Waals surface area contributed by atoms with Crippen LogP contribution < -0.4 is 21.5 Å². The van der Waals surface area contributed by atoms with Gasteiger partial charge in [-0.15, -0.1) is 0 Å². The Balaban J connectivity index is 1.42. The molecule has 3 fully saturated rings. The van der Waals surface area contributed by atoms with E-state index in [4.69, 9.17) is 0 Å². The Kier molecular flexibility index (Phi) is 7.91. The number of amides is 2. The highest BCUT2D eigenvalue weighted by Gasteiger charge is 2.39. The van der Waals surface area contributed by atoms with Crippen LogP contribution >= 0.6 is 0 Å². The lowest BCUT2D eigenvalue weighted by atomic mass is 9.90. The number of imidazole rings is 1. The molecule has 3 aliphatic rings. The molecule has 3 aliphatic heterocycles. The Morgan fingerprint density at radius 2 is 1.88 bits per heavy atom. The molecule has 12 heteroatoms. The summed E-state index contributed by atoms with van der Waals surface area (Å²) in [5, 5.41) is 15.5. The molecule has 0 aliphatic carbocycles. The molecule has 1 aromatic rings. The predicted molar refractivity (Wildman–Crippen MR) is 120 cm³/mol. The van der Waals surface area contributed by atoms with Gasteiger partial charge in [-0.2, -0.15) is 0 Å². The maximum Gasteiger partial charge on any atom is 0.326 e.